The van der Waals surface area contributed by atoms with E-state index in [-0.39, 0.29) is 11.9 Å². The molecule has 1 atom stereocenters. The van der Waals surface area contributed by atoms with Crippen LogP contribution in [0.5, 0.6) is 5.75 Å². The molecule has 22 heavy (non-hydrogen) atoms. The minimum absolute atomic E-state index is 0.0749. The van der Waals surface area contributed by atoms with Crippen LogP contribution in [0, 0.1) is 5.92 Å². The lowest BCUT2D eigenvalue weighted by molar-refractivity contribution is -0.121. The third-order valence-electron chi connectivity index (χ3n) is 4.09. The van der Waals surface area contributed by atoms with Crippen LogP contribution in [0.4, 0.5) is 0 Å². The van der Waals surface area contributed by atoms with Gasteiger partial charge in [0.2, 0.25) is 5.91 Å². The average Bonchev–Trinajstić information content (AvgIpc) is 3.39. The average molecular weight is 295 g/mol. The van der Waals surface area contributed by atoms with Gasteiger partial charge in [0.1, 0.15) is 5.75 Å². The standard InChI is InChI=1S/C19H21NO2/c1-22-17-11-7-14(8-12-17)13-18(21)20-19(16-9-10-16)15-5-3-2-4-6-15/h2-8,11-12,16,19H,9-10,13H2,1H3,(H,20,21)/t19-/m1/s1. The molecule has 3 rings (SSSR count). The summed E-state index contributed by atoms with van der Waals surface area (Å²) in [5.41, 5.74) is 2.20. The van der Waals surface area contributed by atoms with Crippen LogP contribution in [0.3, 0.4) is 0 Å². The van der Waals surface area contributed by atoms with Gasteiger partial charge in [-0.05, 0) is 42.0 Å². The molecular weight excluding hydrogens is 274 g/mol. The summed E-state index contributed by atoms with van der Waals surface area (Å²) < 4.78 is 5.14. The molecule has 0 aromatic heterocycles. The van der Waals surface area contributed by atoms with Gasteiger partial charge in [0, 0.05) is 0 Å². The van der Waals surface area contributed by atoms with E-state index in [0.29, 0.717) is 12.3 Å². The van der Waals surface area contributed by atoms with Crippen LogP contribution < -0.4 is 10.1 Å². The lowest BCUT2D eigenvalue weighted by Gasteiger charge is -2.19. The minimum atomic E-state index is 0.0749. The van der Waals surface area contributed by atoms with E-state index in [2.05, 4.69) is 17.4 Å². The number of carbonyl (C=O) groups is 1. The number of hydrogen-bond donors (Lipinski definition) is 1. The number of benzene rings is 2. The number of methoxy groups -OCH3 is 1. The molecule has 0 saturated heterocycles. The van der Waals surface area contributed by atoms with E-state index in [1.807, 2.05) is 42.5 Å². The molecule has 1 aliphatic rings. The quantitative estimate of drug-likeness (QED) is 0.885. The largest absolute Gasteiger partial charge is 0.497 e. The molecule has 1 fully saturated rings. The fourth-order valence-corrected chi connectivity index (χ4v) is 2.72. The summed E-state index contributed by atoms with van der Waals surface area (Å²) in [5, 5.41) is 3.20. The molecule has 0 unspecified atom stereocenters. The molecule has 1 N–H and O–H groups in total. The number of amides is 1. The van der Waals surface area contributed by atoms with Gasteiger partial charge >= 0.3 is 0 Å². The molecule has 2 aromatic carbocycles. The maximum atomic E-state index is 12.3. The van der Waals surface area contributed by atoms with Gasteiger partial charge in [-0.3, -0.25) is 4.79 Å². The Morgan fingerprint density at radius 1 is 1.14 bits per heavy atom. The Labute approximate surface area is 131 Å². The van der Waals surface area contributed by atoms with Gasteiger partial charge in [0.15, 0.2) is 0 Å². The van der Waals surface area contributed by atoms with Gasteiger partial charge in [-0.25, -0.2) is 0 Å². The van der Waals surface area contributed by atoms with Crippen LogP contribution >= 0.6 is 0 Å². The smallest absolute Gasteiger partial charge is 0.224 e. The highest BCUT2D eigenvalue weighted by Gasteiger charge is 2.33. The molecule has 0 radical (unpaired) electrons. The topological polar surface area (TPSA) is 38.3 Å². The first-order chi connectivity index (χ1) is 10.8. The number of carbonyl (C=O) groups excluding carboxylic acids is 1. The summed E-state index contributed by atoms with van der Waals surface area (Å²) in [5.74, 6) is 1.47. The molecule has 0 aliphatic heterocycles. The lowest BCUT2D eigenvalue weighted by atomic mass is 10.0. The monoisotopic (exact) mass is 295 g/mol. The maximum Gasteiger partial charge on any atom is 0.224 e. The molecule has 0 bridgehead atoms. The van der Waals surface area contributed by atoms with Crippen LogP contribution in [0.2, 0.25) is 0 Å². The summed E-state index contributed by atoms with van der Waals surface area (Å²) in [4.78, 5) is 12.3. The van der Waals surface area contributed by atoms with Crippen LogP contribution in [-0.2, 0) is 11.2 Å². The van der Waals surface area contributed by atoms with Crippen LogP contribution in [0.1, 0.15) is 30.0 Å². The molecule has 0 heterocycles. The van der Waals surface area contributed by atoms with E-state index in [4.69, 9.17) is 4.74 Å². The van der Waals surface area contributed by atoms with Gasteiger partial charge in [-0.15, -0.1) is 0 Å². The number of rotatable bonds is 6. The maximum absolute atomic E-state index is 12.3. The van der Waals surface area contributed by atoms with E-state index in [1.165, 1.54) is 18.4 Å². The summed E-state index contributed by atoms with van der Waals surface area (Å²) in [6, 6.07) is 18.0. The highest BCUT2D eigenvalue weighted by atomic mass is 16.5. The van der Waals surface area contributed by atoms with Crippen molar-refractivity contribution in [2.75, 3.05) is 7.11 Å². The lowest BCUT2D eigenvalue weighted by Crippen LogP contribution is -2.31. The van der Waals surface area contributed by atoms with Crippen molar-refractivity contribution < 1.29 is 9.53 Å². The molecule has 3 heteroatoms. The Hall–Kier alpha value is -2.29. The fourth-order valence-electron chi connectivity index (χ4n) is 2.72. The molecular formula is C19H21NO2. The molecule has 1 aliphatic carbocycles. The van der Waals surface area contributed by atoms with Crippen molar-refractivity contribution in [3.05, 3.63) is 65.7 Å². The van der Waals surface area contributed by atoms with Gasteiger partial charge in [-0.1, -0.05) is 42.5 Å². The number of hydrogen-bond acceptors (Lipinski definition) is 2. The number of ether oxygens (including phenoxy) is 1. The Morgan fingerprint density at radius 2 is 1.82 bits per heavy atom. The first kappa shape index (κ1) is 14.6. The normalized spacial score (nSPS) is 15.1. The van der Waals surface area contributed by atoms with Crippen molar-refractivity contribution in [2.24, 2.45) is 5.92 Å². The fraction of sp³-hybridized carbons (Fsp3) is 0.316. The number of nitrogens with one attached hydrogen (secondary N) is 1. The zero-order chi connectivity index (χ0) is 15.4. The van der Waals surface area contributed by atoms with Crippen molar-refractivity contribution in [3.63, 3.8) is 0 Å². The summed E-state index contributed by atoms with van der Waals surface area (Å²) >= 11 is 0. The van der Waals surface area contributed by atoms with Gasteiger partial charge in [0.25, 0.3) is 0 Å². The summed E-state index contributed by atoms with van der Waals surface area (Å²) in [7, 11) is 1.64. The summed E-state index contributed by atoms with van der Waals surface area (Å²) in [6.45, 7) is 0. The Balaban J connectivity index is 1.64. The highest BCUT2D eigenvalue weighted by Crippen LogP contribution is 2.40. The van der Waals surface area contributed by atoms with Crippen molar-refractivity contribution in [3.8, 4) is 5.75 Å². The third kappa shape index (κ3) is 3.67. The predicted molar refractivity (Wildman–Crippen MR) is 86.7 cm³/mol. The molecule has 114 valence electrons. The van der Waals surface area contributed by atoms with E-state index in [0.717, 1.165) is 11.3 Å². The molecule has 1 amide bonds. The van der Waals surface area contributed by atoms with Crippen molar-refractivity contribution >= 4 is 5.91 Å². The molecule has 1 saturated carbocycles. The molecule has 0 spiro atoms. The highest BCUT2D eigenvalue weighted by molar-refractivity contribution is 5.79. The predicted octanol–water partition coefficient (Wildman–Crippen LogP) is 3.51. The van der Waals surface area contributed by atoms with Crippen LogP contribution in [0.25, 0.3) is 0 Å². The second-order valence-corrected chi connectivity index (χ2v) is 5.82. The van der Waals surface area contributed by atoms with Crippen molar-refractivity contribution in [1.82, 2.24) is 5.32 Å². The van der Waals surface area contributed by atoms with Crippen LogP contribution in [0.15, 0.2) is 54.6 Å². The Bertz CT molecular complexity index is 618. The van der Waals surface area contributed by atoms with Gasteiger partial charge < -0.3 is 10.1 Å². The van der Waals surface area contributed by atoms with Gasteiger partial charge in [0.05, 0.1) is 19.6 Å². The van der Waals surface area contributed by atoms with Gasteiger partial charge in [-0.2, -0.15) is 0 Å². The third-order valence-corrected chi connectivity index (χ3v) is 4.09. The van der Waals surface area contributed by atoms with E-state index in [9.17, 15) is 4.79 Å². The first-order valence-corrected chi connectivity index (χ1v) is 7.73. The van der Waals surface area contributed by atoms with E-state index < -0.39 is 0 Å². The zero-order valence-electron chi connectivity index (χ0n) is 12.8. The van der Waals surface area contributed by atoms with E-state index in [1.54, 1.807) is 7.11 Å². The Kier molecular flexibility index (Phi) is 4.42. The minimum Gasteiger partial charge on any atom is -0.497 e. The second kappa shape index (κ2) is 6.65. The Morgan fingerprint density at radius 3 is 2.41 bits per heavy atom. The van der Waals surface area contributed by atoms with Crippen molar-refractivity contribution in [2.45, 2.75) is 25.3 Å². The summed E-state index contributed by atoms with van der Waals surface area (Å²) in [6.07, 6.45) is 2.80. The first-order valence-electron chi connectivity index (χ1n) is 7.73. The van der Waals surface area contributed by atoms with Crippen molar-refractivity contribution in [1.29, 1.82) is 0 Å². The molecule has 2 aromatic rings. The zero-order valence-corrected chi connectivity index (χ0v) is 12.8. The second-order valence-electron chi connectivity index (χ2n) is 5.82. The van der Waals surface area contributed by atoms with E-state index >= 15 is 0 Å². The SMILES string of the molecule is COc1ccc(CC(=O)N[C@H](c2ccccc2)C2CC2)cc1. The van der Waals surface area contributed by atoms with Crippen LogP contribution in [-0.4, -0.2) is 13.0 Å². The molecule has 3 nitrogen and oxygen atoms in total.